The zero-order chi connectivity index (χ0) is 22.9. The van der Waals surface area contributed by atoms with E-state index >= 15 is 0 Å². The van der Waals surface area contributed by atoms with Crippen molar-refractivity contribution < 1.29 is 24.5 Å². The highest BCUT2D eigenvalue weighted by atomic mass is 32.1. The van der Waals surface area contributed by atoms with Crippen molar-refractivity contribution in [2.75, 3.05) is 13.7 Å². The van der Waals surface area contributed by atoms with E-state index in [1.165, 1.54) is 18.4 Å². The number of aliphatic hydroxyl groups excluding tert-OH is 2. The number of methoxy groups -OCH3 is 1. The van der Waals surface area contributed by atoms with Gasteiger partial charge in [0.2, 0.25) is 0 Å². The predicted molar refractivity (Wildman–Crippen MR) is 128 cm³/mol. The number of rotatable bonds is 11. The molecule has 32 heavy (non-hydrogen) atoms. The van der Waals surface area contributed by atoms with Gasteiger partial charge in [0, 0.05) is 10.5 Å². The van der Waals surface area contributed by atoms with E-state index in [-0.39, 0.29) is 17.8 Å². The van der Waals surface area contributed by atoms with Gasteiger partial charge in [-0.1, -0.05) is 50.5 Å². The second-order valence-electron chi connectivity index (χ2n) is 8.34. The lowest BCUT2D eigenvalue weighted by atomic mass is 9.85. The number of esters is 1. The van der Waals surface area contributed by atoms with Crippen molar-refractivity contribution in [2.45, 2.75) is 64.4 Å². The Morgan fingerprint density at radius 1 is 1.19 bits per heavy atom. The quantitative estimate of drug-likeness (QED) is 0.300. The number of ether oxygens (including phenoxy) is 2. The molecule has 3 rings (SSSR count). The predicted octanol–water partition coefficient (Wildman–Crippen LogP) is 6.43. The average molecular weight is 459 g/mol. The molecule has 0 amide bonds. The molecule has 6 heteroatoms. The largest absolute Gasteiger partial charge is 0.481 e. The molecule has 174 valence electrons. The molecule has 1 unspecified atom stereocenters. The zero-order valence-corrected chi connectivity index (χ0v) is 19.8. The molecule has 2 heterocycles. The van der Waals surface area contributed by atoms with Crippen LogP contribution in [0.25, 0.3) is 5.57 Å². The van der Waals surface area contributed by atoms with E-state index in [1.807, 2.05) is 36.4 Å². The standard InChI is InChI=1S/C26H34O5S/c1-3-4-5-9-22(27)18-10-12-20(13-11-18)24-19(16-17-31-26(24)29)7-6-8-21-14-15-23(32-21)25(28)30-2/h10-15,19,22,27,29H,3-9,16-17H2,1-2H3/t19-,22?/m0/s1. The second-order valence-corrected chi connectivity index (χ2v) is 9.50. The molecule has 0 bridgehead atoms. The first kappa shape index (κ1) is 24.3. The summed E-state index contributed by atoms with van der Waals surface area (Å²) in [5.74, 6) is -0.0644. The Morgan fingerprint density at radius 2 is 1.97 bits per heavy atom. The van der Waals surface area contributed by atoms with Gasteiger partial charge < -0.3 is 19.7 Å². The van der Waals surface area contributed by atoms with Crippen LogP contribution in [0.2, 0.25) is 0 Å². The monoisotopic (exact) mass is 458 g/mol. The van der Waals surface area contributed by atoms with E-state index in [4.69, 9.17) is 9.47 Å². The van der Waals surface area contributed by atoms with Gasteiger partial charge in [-0.3, -0.25) is 0 Å². The van der Waals surface area contributed by atoms with E-state index in [0.29, 0.717) is 11.5 Å². The van der Waals surface area contributed by atoms with Crippen LogP contribution in [0.15, 0.2) is 42.3 Å². The minimum atomic E-state index is -0.447. The van der Waals surface area contributed by atoms with E-state index in [0.717, 1.165) is 72.9 Å². The number of thiophene rings is 1. The van der Waals surface area contributed by atoms with Crippen LogP contribution in [0, 0.1) is 5.92 Å². The number of benzene rings is 1. The van der Waals surface area contributed by atoms with Crippen LogP contribution in [0.5, 0.6) is 0 Å². The van der Waals surface area contributed by atoms with Gasteiger partial charge in [-0.05, 0) is 61.3 Å². The fourth-order valence-electron chi connectivity index (χ4n) is 4.23. The Morgan fingerprint density at radius 3 is 2.69 bits per heavy atom. The van der Waals surface area contributed by atoms with Crippen LogP contribution in [-0.2, 0) is 15.9 Å². The summed E-state index contributed by atoms with van der Waals surface area (Å²) in [6, 6.07) is 11.7. The number of aliphatic hydroxyl groups is 2. The summed E-state index contributed by atoms with van der Waals surface area (Å²) < 4.78 is 10.2. The fraction of sp³-hybridized carbons (Fsp3) is 0.500. The van der Waals surface area contributed by atoms with Crippen molar-refractivity contribution in [1.29, 1.82) is 0 Å². The molecule has 0 saturated heterocycles. The van der Waals surface area contributed by atoms with Gasteiger partial charge in [0.25, 0.3) is 5.95 Å². The lowest BCUT2D eigenvalue weighted by Crippen LogP contribution is -2.17. The highest BCUT2D eigenvalue weighted by Crippen LogP contribution is 2.37. The number of hydrogen-bond donors (Lipinski definition) is 2. The van der Waals surface area contributed by atoms with Gasteiger partial charge in [0.1, 0.15) is 4.88 Å². The normalized spacial score (nSPS) is 17.2. The third kappa shape index (κ3) is 6.36. The fourth-order valence-corrected chi connectivity index (χ4v) is 5.19. The Hall–Kier alpha value is -2.31. The highest BCUT2D eigenvalue weighted by Gasteiger charge is 2.26. The molecule has 5 nitrogen and oxygen atoms in total. The summed E-state index contributed by atoms with van der Waals surface area (Å²) in [5, 5.41) is 20.9. The number of unbranched alkanes of at least 4 members (excludes halogenated alkanes) is 2. The first-order valence-corrected chi connectivity index (χ1v) is 12.4. The molecule has 0 saturated carbocycles. The maximum absolute atomic E-state index is 11.6. The lowest BCUT2D eigenvalue weighted by molar-refractivity contribution is 0.0606. The van der Waals surface area contributed by atoms with Crippen LogP contribution < -0.4 is 0 Å². The van der Waals surface area contributed by atoms with Crippen molar-refractivity contribution in [1.82, 2.24) is 0 Å². The number of hydrogen-bond acceptors (Lipinski definition) is 6. The maximum atomic E-state index is 11.6. The van der Waals surface area contributed by atoms with Crippen LogP contribution in [0.4, 0.5) is 0 Å². The zero-order valence-electron chi connectivity index (χ0n) is 19.0. The van der Waals surface area contributed by atoms with Gasteiger partial charge >= 0.3 is 5.97 Å². The molecule has 0 fully saturated rings. The van der Waals surface area contributed by atoms with Gasteiger partial charge in [-0.15, -0.1) is 11.3 Å². The third-order valence-corrected chi connectivity index (χ3v) is 7.18. The van der Waals surface area contributed by atoms with Crippen LogP contribution in [0.1, 0.15) is 83.6 Å². The van der Waals surface area contributed by atoms with Crippen molar-refractivity contribution in [2.24, 2.45) is 5.92 Å². The summed E-state index contributed by atoms with van der Waals surface area (Å²) in [4.78, 5) is 13.4. The van der Waals surface area contributed by atoms with Gasteiger partial charge in [0.15, 0.2) is 0 Å². The Balaban J connectivity index is 1.61. The Labute approximate surface area is 194 Å². The van der Waals surface area contributed by atoms with Gasteiger partial charge in [-0.25, -0.2) is 4.79 Å². The van der Waals surface area contributed by atoms with Crippen molar-refractivity contribution in [3.63, 3.8) is 0 Å². The SMILES string of the molecule is CCCCCC(O)c1ccc(C2=C(O)OCC[C@@H]2CCCc2ccc(C(=O)OC)s2)cc1. The minimum absolute atomic E-state index is 0.0154. The molecule has 1 aliphatic rings. The highest BCUT2D eigenvalue weighted by molar-refractivity contribution is 7.13. The number of aryl methyl sites for hydroxylation is 1. The van der Waals surface area contributed by atoms with Crippen LogP contribution in [0.3, 0.4) is 0 Å². The molecule has 2 aromatic rings. The van der Waals surface area contributed by atoms with E-state index < -0.39 is 6.10 Å². The molecule has 1 aromatic heterocycles. The lowest BCUT2D eigenvalue weighted by Gasteiger charge is -2.26. The molecule has 2 atom stereocenters. The van der Waals surface area contributed by atoms with Gasteiger partial charge in [-0.2, -0.15) is 0 Å². The van der Waals surface area contributed by atoms with Crippen LogP contribution in [-0.4, -0.2) is 29.9 Å². The summed E-state index contributed by atoms with van der Waals surface area (Å²) in [7, 11) is 1.40. The first-order chi connectivity index (χ1) is 15.5. The second kappa shape index (κ2) is 12.1. The molecule has 0 aliphatic carbocycles. The minimum Gasteiger partial charge on any atom is -0.481 e. The Kier molecular flexibility index (Phi) is 9.18. The van der Waals surface area contributed by atoms with Crippen molar-refractivity contribution in [3.05, 3.63) is 63.2 Å². The number of carbonyl (C=O) groups excluding carboxylic acids is 1. The van der Waals surface area contributed by atoms with E-state index in [9.17, 15) is 15.0 Å². The van der Waals surface area contributed by atoms with Crippen LogP contribution >= 0.6 is 11.3 Å². The summed E-state index contributed by atoms with van der Waals surface area (Å²) in [5.41, 5.74) is 2.71. The first-order valence-electron chi connectivity index (χ1n) is 11.5. The maximum Gasteiger partial charge on any atom is 0.348 e. The smallest absolute Gasteiger partial charge is 0.348 e. The summed E-state index contributed by atoms with van der Waals surface area (Å²) in [6.07, 6.45) is 7.24. The molecule has 0 radical (unpaired) electrons. The van der Waals surface area contributed by atoms with Crippen molar-refractivity contribution >= 4 is 22.9 Å². The molecular formula is C26H34O5S. The average Bonchev–Trinajstić information content (AvgIpc) is 3.28. The topological polar surface area (TPSA) is 76.0 Å². The number of carbonyl (C=O) groups is 1. The Bertz CT molecular complexity index is 899. The summed E-state index contributed by atoms with van der Waals surface area (Å²) in [6.45, 7) is 2.67. The molecule has 2 N–H and O–H groups in total. The molecule has 1 aromatic carbocycles. The van der Waals surface area contributed by atoms with E-state index in [1.54, 1.807) is 0 Å². The molecule has 0 spiro atoms. The number of allylic oxidation sites excluding steroid dienone is 1. The van der Waals surface area contributed by atoms with Gasteiger partial charge in [0.05, 0.1) is 19.8 Å². The van der Waals surface area contributed by atoms with Crippen molar-refractivity contribution in [3.8, 4) is 0 Å². The molecular weight excluding hydrogens is 424 g/mol. The summed E-state index contributed by atoms with van der Waals surface area (Å²) >= 11 is 1.48. The molecule has 1 aliphatic heterocycles. The van der Waals surface area contributed by atoms with E-state index in [2.05, 4.69) is 6.92 Å². The third-order valence-electron chi connectivity index (χ3n) is 6.06.